The van der Waals surface area contributed by atoms with Gasteiger partial charge in [0, 0.05) is 22.7 Å². The maximum Gasteiger partial charge on any atom is 0.409 e. The molecule has 0 spiro atoms. The molecule has 1 fully saturated rings. The average Bonchev–Trinajstić information content (AvgIpc) is 2.56. The Morgan fingerprint density at radius 2 is 1.96 bits per heavy atom. The molecule has 1 aromatic carbocycles. The molecule has 2 rings (SSSR count). The maximum absolute atomic E-state index is 12.5. The Morgan fingerprint density at radius 1 is 1.30 bits per heavy atom. The van der Waals surface area contributed by atoms with Crippen molar-refractivity contribution in [3.63, 3.8) is 0 Å². The summed E-state index contributed by atoms with van der Waals surface area (Å²) >= 11 is 8.19. The molecule has 0 aliphatic carbocycles. The summed E-state index contributed by atoms with van der Waals surface area (Å²) in [6.07, 6.45) is 1.03. The first kappa shape index (κ1) is 18.1. The van der Waals surface area contributed by atoms with Crippen molar-refractivity contribution < 1.29 is 19.1 Å². The number of benzene rings is 1. The number of amides is 2. The lowest BCUT2D eigenvalue weighted by Gasteiger charge is -2.31. The van der Waals surface area contributed by atoms with Crippen LogP contribution in [-0.2, 0) is 4.74 Å². The topological polar surface area (TPSA) is 67.9 Å². The summed E-state index contributed by atoms with van der Waals surface area (Å²) in [6.45, 7) is 1.12. The molecule has 0 atom stereocenters. The molecule has 0 radical (unpaired) electrons. The zero-order valence-corrected chi connectivity index (χ0v) is 15.8. The van der Waals surface area contributed by atoms with Crippen molar-refractivity contribution in [1.29, 1.82) is 0 Å². The van der Waals surface area contributed by atoms with Crippen LogP contribution in [0.2, 0.25) is 5.02 Å². The number of carbonyl (C=O) groups is 2. The van der Waals surface area contributed by atoms with Crippen molar-refractivity contribution in [2.75, 3.05) is 27.3 Å². The number of likely N-dealkylation sites (tertiary alicyclic amines) is 1. The van der Waals surface area contributed by atoms with Crippen molar-refractivity contribution in [3.8, 4) is 5.75 Å². The number of nitrogens with zero attached hydrogens (tertiary/aromatic N) is 1. The molecule has 0 bridgehead atoms. The maximum atomic E-state index is 12.5. The number of methoxy groups -OCH3 is 2. The SMILES string of the molecule is COC(=O)N1CCC(NC(=O)c2cc(Cl)c(I)cc2OC)CC1. The zero-order valence-electron chi connectivity index (χ0n) is 12.9. The number of piperidine rings is 1. The van der Waals surface area contributed by atoms with Crippen LogP contribution >= 0.6 is 34.2 Å². The van der Waals surface area contributed by atoms with Crippen molar-refractivity contribution in [1.82, 2.24) is 10.2 Å². The van der Waals surface area contributed by atoms with E-state index in [2.05, 4.69) is 27.9 Å². The van der Waals surface area contributed by atoms with E-state index in [9.17, 15) is 9.59 Å². The summed E-state index contributed by atoms with van der Waals surface area (Å²) in [5.74, 6) is 0.264. The number of carbonyl (C=O) groups excluding carboxylic acids is 2. The van der Waals surface area contributed by atoms with Gasteiger partial charge < -0.3 is 19.7 Å². The number of hydrogen-bond donors (Lipinski definition) is 1. The highest BCUT2D eigenvalue weighted by molar-refractivity contribution is 14.1. The van der Waals surface area contributed by atoms with Crippen molar-refractivity contribution in [2.45, 2.75) is 18.9 Å². The van der Waals surface area contributed by atoms with E-state index in [1.807, 2.05) is 0 Å². The summed E-state index contributed by atoms with van der Waals surface area (Å²) in [4.78, 5) is 25.6. The van der Waals surface area contributed by atoms with Gasteiger partial charge in [-0.1, -0.05) is 11.6 Å². The van der Waals surface area contributed by atoms with Crippen LogP contribution < -0.4 is 10.1 Å². The van der Waals surface area contributed by atoms with Gasteiger partial charge in [-0.2, -0.15) is 0 Å². The fourth-order valence-electron chi connectivity index (χ4n) is 2.47. The largest absolute Gasteiger partial charge is 0.496 e. The van der Waals surface area contributed by atoms with Crippen LogP contribution in [-0.4, -0.2) is 50.3 Å². The Bertz CT molecular complexity index is 603. The normalized spacial score (nSPS) is 15.2. The number of halogens is 2. The minimum Gasteiger partial charge on any atom is -0.496 e. The van der Waals surface area contributed by atoms with Crippen LogP contribution in [0.5, 0.6) is 5.75 Å². The highest BCUT2D eigenvalue weighted by Gasteiger charge is 2.25. The van der Waals surface area contributed by atoms with Gasteiger partial charge in [0.1, 0.15) is 5.75 Å². The molecule has 1 aromatic rings. The minimum absolute atomic E-state index is 0.00571. The van der Waals surface area contributed by atoms with E-state index in [-0.39, 0.29) is 18.0 Å². The van der Waals surface area contributed by atoms with Gasteiger partial charge in [-0.15, -0.1) is 0 Å². The predicted molar refractivity (Wildman–Crippen MR) is 95.2 cm³/mol. The molecule has 0 unspecified atom stereocenters. The van der Waals surface area contributed by atoms with Gasteiger partial charge in [-0.05, 0) is 47.6 Å². The van der Waals surface area contributed by atoms with Crippen LogP contribution in [0.25, 0.3) is 0 Å². The summed E-state index contributed by atoms with van der Waals surface area (Å²) in [5.41, 5.74) is 0.410. The molecular formula is C15H18ClIN2O4. The Hall–Kier alpha value is -1.22. The highest BCUT2D eigenvalue weighted by Crippen LogP contribution is 2.28. The van der Waals surface area contributed by atoms with E-state index < -0.39 is 0 Å². The fraction of sp³-hybridized carbons (Fsp3) is 0.467. The second-order valence-electron chi connectivity index (χ2n) is 5.17. The van der Waals surface area contributed by atoms with Crippen LogP contribution in [0.1, 0.15) is 23.2 Å². The van der Waals surface area contributed by atoms with E-state index in [0.29, 0.717) is 42.3 Å². The molecular weight excluding hydrogens is 435 g/mol. The van der Waals surface area contributed by atoms with E-state index in [1.165, 1.54) is 14.2 Å². The third-order valence-electron chi connectivity index (χ3n) is 3.75. The Morgan fingerprint density at radius 3 is 2.52 bits per heavy atom. The Labute approximate surface area is 153 Å². The van der Waals surface area contributed by atoms with Crippen LogP contribution in [0.15, 0.2) is 12.1 Å². The van der Waals surface area contributed by atoms with Gasteiger partial charge in [-0.3, -0.25) is 4.79 Å². The first-order valence-electron chi connectivity index (χ1n) is 7.13. The molecule has 0 saturated carbocycles. The number of hydrogen-bond acceptors (Lipinski definition) is 4. The van der Waals surface area contributed by atoms with Gasteiger partial charge in [0.2, 0.25) is 0 Å². The van der Waals surface area contributed by atoms with Gasteiger partial charge in [0.15, 0.2) is 0 Å². The van der Waals surface area contributed by atoms with Gasteiger partial charge in [0.25, 0.3) is 5.91 Å². The molecule has 0 aromatic heterocycles. The smallest absolute Gasteiger partial charge is 0.409 e. The standard InChI is InChI=1S/C15H18ClIN2O4/c1-22-13-8-12(17)11(16)7-10(13)14(20)18-9-3-5-19(6-4-9)15(21)23-2/h7-9H,3-6H2,1-2H3,(H,18,20). The quantitative estimate of drug-likeness (QED) is 0.716. The zero-order chi connectivity index (χ0) is 17.0. The summed E-state index contributed by atoms with van der Waals surface area (Å²) < 4.78 is 10.8. The lowest BCUT2D eigenvalue weighted by molar-refractivity contribution is 0.0889. The molecule has 126 valence electrons. The Kier molecular flexibility index (Phi) is 6.34. The molecule has 8 heteroatoms. The van der Waals surface area contributed by atoms with E-state index in [0.717, 1.165) is 3.57 Å². The third-order valence-corrected chi connectivity index (χ3v) is 5.27. The van der Waals surface area contributed by atoms with E-state index >= 15 is 0 Å². The summed E-state index contributed by atoms with van der Waals surface area (Å²) in [6, 6.07) is 3.35. The van der Waals surface area contributed by atoms with Crippen LogP contribution in [0, 0.1) is 3.57 Å². The van der Waals surface area contributed by atoms with Crippen molar-refractivity contribution >= 4 is 46.2 Å². The number of rotatable bonds is 3. The van der Waals surface area contributed by atoms with E-state index in [1.54, 1.807) is 17.0 Å². The minimum atomic E-state index is -0.333. The fourth-order valence-corrected chi connectivity index (χ4v) is 3.08. The predicted octanol–water partition coefficient (Wildman–Crippen LogP) is 2.91. The third kappa shape index (κ3) is 4.41. The number of ether oxygens (including phenoxy) is 2. The molecule has 2 amide bonds. The molecule has 1 heterocycles. The molecule has 6 nitrogen and oxygen atoms in total. The van der Waals surface area contributed by atoms with Crippen molar-refractivity contribution in [3.05, 3.63) is 26.3 Å². The lowest BCUT2D eigenvalue weighted by atomic mass is 10.0. The van der Waals surface area contributed by atoms with Gasteiger partial charge in [-0.25, -0.2) is 4.79 Å². The monoisotopic (exact) mass is 452 g/mol. The summed E-state index contributed by atoms with van der Waals surface area (Å²) in [7, 11) is 2.88. The average molecular weight is 453 g/mol. The molecule has 1 aliphatic heterocycles. The highest BCUT2D eigenvalue weighted by atomic mass is 127. The second kappa shape index (κ2) is 8.05. The molecule has 23 heavy (non-hydrogen) atoms. The van der Waals surface area contributed by atoms with Crippen LogP contribution in [0.3, 0.4) is 0 Å². The molecule has 1 saturated heterocycles. The van der Waals surface area contributed by atoms with Gasteiger partial charge in [0.05, 0.1) is 24.8 Å². The van der Waals surface area contributed by atoms with Gasteiger partial charge >= 0.3 is 6.09 Å². The second-order valence-corrected chi connectivity index (χ2v) is 6.74. The first-order chi connectivity index (χ1) is 11.0. The molecule has 1 aliphatic rings. The Balaban J connectivity index is 2.01. The van der Waals surface area contributed by atoms with Crippen molar-refractivity contribution in [2.24, 2.45) is 0 Å². The molecule has 1 N–H and O–H groups in total. The summed E-state index contributed by atoms with van der Waals surface area (Å²) in [5, 5.41) is 3.49. The van der Waals surface area contributed by atoms with Crippen LogP contribution in [0.4, 0.5) is 4.79 Å². The van der Waals surface area contributed by atoms with E-state index in [4.69, 9.17) is 21.1 Å². The number of nitrogens with one attached hydrogen (secondary N) is 1. The lowest BCUT2D eigenvalue weighted by Crippen LogP contribution is -2.46. The first-order valence-corrected chi connectivity index (χ1v) is 8.58.